The number of amides is 4. The monoisotopic (exact) mass is 448 g/mol. The summed E-state index contributed by atoms with van der Waals surface area (Å²) >= 11 is 1.54. The molecular formula is C24H24N4O3S. The number of benzene rings is 2. The number of carbonyl (C=O) groups is 3. The topological polar surface area (TPSA) is 82.6 Å². The second-order valence-electron chi connectivity index (χ2n) is 8.44. The van der Waals surface area contributed by atoms with Crippen molar-refractivity contribution in [2.75, 3.05) is 13.6 Å². The molecule has 8 heteroatoms. The highest BCUT2D eigenvalue weighted by Gasteiger charge is 2.54. The van der Waals surface area contributed by atoms with Crippen LogP contribution in [0.15, 0.2) is 48.5 Å². The predicted molar refractivity (Wildman–Crippen MR) is 122 cm³/mol. The number of urea groups is 1. The number of rotatable bonds is 4. The Hall–Kier alpha value is -3.26. The molecule has 1 saturated heterocycles. The number of thiazole rings is 1. The number of imide groups is 1. The maximum Gasteiger partial charge on any atom is 0.325 e. The molecule has 2 aliphatic rings. The molecule has 2 unspecified atom stereocenters. The average Bonchev–Trinajstić information content (AvgIpc) is 3.34. The minimum Gasteiger partial charge on any atom is -0.335 e. The van der Waals surface area contributed by atoms with Crippen LogP contribution in [0.1, 0.15) is 41.9 Å². The smallest absolute Gasteiger partial charge is 0.325 e. The van der Waals surface area contributed by atoms with Gasteiger partial charge in [-0.05, 0) is 49.4 Å². The quantitative estimate of drug-likeness (QED) is 0.619. The molecule has 1 aromatic heterocycles. The van der Waals surface area contributed by atoms with E-state index in [4.69, 9.17) is 0 Å². The van der Waals surface area contributed by atoms with Gasteiger partial charge in [-0.3, -0.25) is 14.5 Å². The first kappa shape index (κ1) is 20.6. The van der Waals surface area contributed by atoms with E-state index in [1.807, 2.05) is 55.5 Å². The fourth-order valence-electron chi connectivity index (χ4n) is 4.65. The molecule has 3 aromatic rings. The van der Waals surface area contributed by atoms with Gasteiger partial charge in [0.05, 0.1) is 16.3 Å². The van der Waals surface area contributed by atoms with E-state index >= 15 is 0 Å². The molecular weight excluding hydrogens is 424 g/mol. The molecule has 164 valence electrons. The lowest BCUT2D eigenvalue weighted by atomic mass is 9.76. The third-order valence-electron chi connectivity index (χ3n) is 6.59. The first-order chi connectivity index (χ1) is 15.4. The molecule has 2 atom stereocenters. The number of aromatic nitrogens is 1. The SMILES string of the molecule is CC(c1nc2ccccc2s1)N(C)C(=O)CN1C(=O)NC2(CCCc3ccccc32)C1=O. The third kappa shape index (κ3) is 3.17. The minimum atomic E-state index is -1.07. The van der Waals surface area contributed by atoms with E-state index in [1.54, 1.807) is 11.9 Å². The normalized spacial score (nSPS) is 21.0. The molecule has 2 aromatic carbocycles. The Morgan fingerprint density at radius 3 is 2.78 bits per heavy atom. The minimum absolute atomic E-state index is 0.273. The number of hydrogen-bond acceptors (Lipinski definition) is 5. The van der Waals surface area contributed by atoms with Crippen LogP contribution in [0.2, 0.25) is 0 Å². The zero-order valence-corrected chi connectivity index (χ0v) is 18.8. The standard InChI is InChI=1S/C24H24N4O3S/c1-15(21-25-18-11-5-6-12-19(18)32-21)27(2)20(29)14-28-22(30)24(26-23(28)31)13-7-9-16-8-3-4-10-17(16)24/h3-6,8,10-12,15H,7,9,13-14H2,1-2H3,(H,26,31). The van der Waals surface area contributed by atoms with Gasteiger partial charge in [0.1, 0.15) is 17.1 Å². The second kappa shape index (κ2) is 7.70. The van der Waals surface area contributed by atoms with Crippen LogP contribution in [0.5, 0.6) is 0 Å². The number of hydrogen-bond donors (Lipinski definition) is 1. The van der Waals surface area contributed by atoms with Crippen molar-refractivity contribution in [2.45, 2.75) is 37.8 Å². The van der Waals surface area contributed by atoms with Crippen LogP contribution in [0.3, 0.4) is 0 Å². The Bertz CT molecular complexity index is 1210. The number of aryl methyl sites for hydroxylation is 1. The van der Waals surface area contributed by atoms with Gasteiger partial charge in [-0.1, -0.05) is 36.4 Å². The number of likely N-dealkylation sites (N-methyl/N-ethyl adjacent to an activating group) is 1. The molecule has 1 spiro atoms. The summed E-state index contributed by atoms with van der Waals surface area (Å²) < 4.78 is 1.06. The van der Waals surface area contributed by atoms with E-state index in [-0.39, 0.29) is 24.4 Å². The van der Waals surface area contributed by atoms with Crippen molar-refractivity contribution in [3.63, 3.8) is 0 Å². The van der Waals surface area contributed by atoms with Crippen LogP contribution in [0, 0.1) is 0 Å². The summed E-state index contributed by atoms with van der Waals surface area (Å²) in [6, 6.07) is 14.8. The van der Waals surface area contributed by atoms with E-state index in [9.17, 15) is 14.4 Å². The van der Waals surface area contributed by atoms with Crippen molar-refractivity contribution in [2.24, 2.45) is 0 Å². The molecule has 1 fully saturated rings. The fourth-order valence-corrected chi connectivity index (χ4v) is 5.72. The number of carbonyl (C=O) groups excluding carboxylic acids is 3. The van der Waals surface area contributed by atoms with Gasteiger partial charge in [0, 0.05) is 7.05 Å². The van der Waals surface area contributed by atoms with Crippen LogP contribution in [-0.4, -0.2) is 46.2 Å². The van der Waals surface area contributed by atoms with E-state index in [2.05, 4.69) is 10.3 Å². The molecule has 0 bridgehead atoms. The molecule has 2 heterocycles. The van der Waals surface area contributed by atoms with Crippen molar-refractivity contribution >= 4 is 39.4 Å². The highest BCUT2D eigenvalue weighted by atomic mass is 32.1. The lowest BCUT2D eigenvalue weighted by Gasteiger charge is -2.33. The summed E-state index contributed by atoms with van der Waals surface area (Å²) in [6.07, 6.45) is 2.22. The van der Waals surface area contributed by atoms with E-state index < -0.39 is 11.6 Å². The van der Waals surface area contributed by atoms with Crippen molar-refractivity contribution in [1.82, 2.24) is 20.1 Å². The molecule has 1 aliphatic carbocycles. The molecule has 0 saturated carbocycles. The van der Waals surface area contributed by atoms with Crippen LogP contribution in [0.25, 0.3) is 10.2 Å². The largest absolute Gasteiger partial charge is 0.335 e. The molecule has 1 N–H and O–H groups in total. The van der Waals surface area contributed by atoms with E-state index in [1.165, 1.54) is 11.3 Å². The van der Waals surface area contributed by atoms with Gasteiger partial charge >= 0.3 is 6.03 Å². The van der Waals surface area contributed by atoms with Gasteiger partial charge in [-0.15, -0.1) is 11.3 Å². The lowest BCUT2D eigenvalue weighted by Crippen LogP contribution is -2.47. The van der Waals surface area contributed by atoms with Crippen molar-refractivity contribution in [3.8, 4) is 0 Å². The first-order valence-corrected chi connectivity index (χ1v) is 11.6. The number of fused-ring (bicyclic) bond motifs is 3. The Morgan fingerprint density at radius 1 is 1.22 bits per heavy atom. The third-order valence-corrected chi connectivity index (χ3v) is 7.79. The Balaban J connectivity index is 1.35. The highest BCUT2D eigenvalue weighted by Crippen LogP contribution is 2.40. The Kier molecular flexibility index (Phi) is 4.97. The first-order valence-electron chi connectivity index (χ1n) is 10.7. The predicted octanol–water partition coefficient (Wildman–Crippen LogP) is 3.60. The zero-order chi connectivity index (χ0) is 22.5. The van der Waals surface area contributed by atoms with Gasteiger partial charge in [0.15, 0.2) is 0 Å². The van der Waals surface area contributed by atoms with Crippen molar-refractivity contribution in [1.29, 1.82) is 0 Å². The lowest BCUT2D eigenvalue weighted by molar-refractivity contribution is -0.139. The number of para-hydroxylation sites is 1. The van der Waals surface area contributed by atoms with Gasteiger partial charge < -0.3 is 10.2 Å². The molecule has 1 aliphatic heterocycles. The summed E-state index contributed by atoms with van der Waals surface area (Å²) in [7, 11) is 1.68. The van der Waals surface area contributed by atoms with Crippen LogP contribution >= 0.6 is 11.3 Å². The van der Waals surface area contributed by atoms with Gasteiger partial charge in [0.25, 0.3) is 5.91 Å². The van der Waals surface area contributed by atoms with Crippen LogP contribution < -0.4 is 5.32 Å². The summed E-state index contributed by atoms with van der Waals surface area (Å²) in [5.74, 6) is -0.648. The Labute approximate surface area is 190 Å². The second-order valence-corrected chi connectivity index (χ2v) is 9.50. The summed E-state index contributed by atoms with van der Waals surface area (Å²) in [6.45, 7) is 1.61. The number of nitrogens with one attached hydrogen (secondary N) is 1. The molecule has 32 heavy (non-hydrogen) atoms. The number of nitrogens with zero attached hydrogens (tertiary/aromatic N) is 3. The summed E-state index contributed by atoms with van der Waals surface area (Å²) in [5.41, 5.74) is 1.74. The molecule has 5 rings (SSSR count). The maximum atomic E-state index is 13.4. The zero-order valence-electron chi connectivity index (χ0n) is 18.0. The van der Waals surface area contributed by atoms with E-state index in [0.717, 1.165) is 44.1 Å². The average molecular weight is 449 g/mol. The van der Waals surface area contributed by atoms with Crippen molar-refractivity contribution < 1.29 is 14.4 Å². The molecule has 4 amide bonds. The Morgan fingerprint density at radius 2 is 1.97 bits per heavy atom. The van der Waals surface area contributed by atoms with Gasteiger partial charge in [0.2, 0.25) is 5.91 Å². The van der Waals surface area contributed by atoms with E-state index in [0.29, 0.717) is 6.42 Å². The van der Waals surface area contributed by atoms with Crippen LogP contribution in [-0.2, 0) is 21.5 Å². The summed E-state index contributed by atoms with van der Waals surface area (Å²) in [4.78, 5) is 46.5. The fraction of sp³-hybridized carbons (Fsp3) is 0.333. The van der Waals surface area contributed by atoms with Crippen molar-refractivity contribution in [3.05, 3.63) is 64.7 Å². The maximum absolute atomic E-state index is 13.4. The molecule has 0 radical (unpaired) electrons. The van der Waals surface area contributed by atoms with Gasteiger partial charge in [-0.2, -0.15) is 0 Å². The van der Waals surface area contributed by atoms with Crippen LogP contribution in [0.4, 0.5) is 4.79 Å². The summed E-state index contributed by atoms with van der Waals surface area (Å²) in [5, 5.41) is 3.72. The molecule has 7 nitrogen and oxygen atoms in total. The van der Waals surface area contributed by atoms with Gasteiger partial charge in [-0.25, -0.2) is 9.78 Å². The highest BCUT2D eigenvalue weighted by molar-refractivity contribution is 7.18.